The average Bonchev–Trinajstić information content (AvgIpc) is 2.08. The van der Waals surface area contributed by atoms with Crippen LogP contribution in [0.5, 0.6) is 0 Å². The molecule has 1 fully saturated rings. The van der Waals surface area contributed by atoms with Gasteiger partial charge >= 0.3 is 6.09 Å². The zero-order valence-electron chi connectivity index (χ0n) is 10.7. The van der Waals surface area contributed by atoms with E-state index in [-0.39, 0.29) is 18.2 Å². The predicted octanol–water partition coefficient (Wildman–Crippen LogP) is 2.03. The molecular formula is C12H24N2O2. The number of hydrogen-bond acceptors (Lipinski definition) is 3. The SMILES string of the molecule is C[C@H]1C[C@H](NC(=O)OC(C)(C)C)CC[C@@H]1N. The molecule has 0 aromatic carbocycles. The van der Waals surface area contributed by atoms with Crippen LogP contribution >= 0.6 is 0 Å². The third kappa shape index (κ3) is 4.39. The van der Waals surface area contributed by atoms with E-state index in [1.54, 1.807) is 0 Å². The first-order valence-electron chi connectivity index (χ1n) is 6.03. The van der Waals surface area contributed by atoms with E-state index in [1.807, 2.05) is 20.8 Å². The van der Waals surface area contributed by atoms with E-state index >= 15 is 0 Å². The Morgan fingerprint density at radius 2 is 2.00 bits per heavy atom. The van der Waals surface area contributed by atoms with E-state index in [0.717, 1.165) is 19.3 Å². The molecule has 16 heavy (non-hydrogen) atoms. The molecule has 0 saturated heterocycles. The Bertz CT molecular complexity index is 248. The van der Waals surface area contributed by atoms with Gasteiger partial charge in [-0.3, -0.25) is 0 Å². The van der Waals surface area contributed by atoms with Crippen molar-refractivity contribution in [3.8, 4) is 0 Å². The van der Waals surface area contributed by atoms with Crippen LogP contribution in [0.4, 0.5) is 4.79 Å². The van der Waals surface area contributed by atoms with Crippen molar-refractivity contribution in [1.82, 2.24) is 5.32 Å². The third-order valence-corrected chi connectivity index (χ3v) is 2.96. The molecule has 94 valence electrons. The van der Waals surface area contributed by atoms with Crippen LogP contribution in [0, 0.1) is 5.92 Å². The molecule has 3 N–H and O–H groups in total. The van der Waals surface area contributed by atoms with Crippen LogP contribution in [-0.4, -0.2) is 23.8 Å². The van der Waals surface area contributed by atoms with Crippen LogP contribution in [-0.2, 0) is 4.74 Å². The van der Waals surface area contributed by atoms with Crippen molar-refractivity contribution in [2.75, 3.05) is 0 Å². The van der Waals surface area contributed by atoms with Gasteiger partial charge in [-0.25, -0.2) is 4.79 Å². The first kappa shape index (κ1) is 13.3. The minimum absolute atomic E-state index is 0.213. The highest BCUT2D eigenvalue weighted by molar-refractivity contribution is 5.68. The molecule has 0 radical (unpaired) electrons. The van der Waals surface area contributed by atoms with Gasteiger partial charge in [0, 0.05) is 12.1 Å². The van der Waals surface area contributed by atoms with Gasteiger partial charge in [-0.15, -0.1) is 0 Å². The Kier molecular flexibility index (Phi) is 4.19. The summed E-state index contributed by atoms with van der Waals surface area (Å²) < 4.78 is 5.22. The monoisotopic (exact) mass is 228 g/mol. The van der Waals surface area contributed by atoms with Crippen LogP contribution in [0.1, 0.15) is 47.0 Å². The number of nitrogens with two attached hydrogens (primary N) is 1. The fraction of sp³-hybridized carbons (Fsp3) is 0.917. The summed E-state index contributed by atoms with van der Waals surface area (Å²) in [5.41, 5.74) is 5.50. The van der Waals surface area contributed by atoms with E-state index < -0.39 is 5.60 Å². The molecule has 1 aliphatic carbocycles. The molecule has 0 bridgehead atoms. The summed E-state index contributed by atoms with van der Waals surface area (Å²) in [7, 11) is 0. The quantitative estimate of drug-likeness (QED) is 0.721. The Balaban J connectivity index is 2.35. The van der Waals surface area contributed by atoms with Crippen molar-refractivity contribution >= 4 is 6.09 Å². The van der Waals surface area contributed by atoms with Crippen molar-refractivity contribution in [1.29, 1.82) is 0 Å². The van der Waals surface area contributed by atoms with Gasteiger partial charge in [-0.2, -0.15) is 0 Å². The topological polar surface area (TPSA) is 64.3 Å². The molecule has 1 saturated carbocycles. The molecule has 3 atom stereocenters. The molecule has 0 spiro atoms. The van der Waals surface area contributed by atoms with Gasteiger partial charge in [0.05, 0.1) is 0 Å². The lowest BCUT2D eigenvalue weighted by Gasteiger charge is -2.32. The minimum Gasteiger partial charge on any atom is -0.444 e. The minimum atomic E-state index is -0.430. The summed E-state index contributed by atoms with van der Waals surface area (Å²) in [5.74, 6) is 0.466. The highest BCUT2D eigenvalue weighted by atomic mass is 16.6. The summed E-state index contributed by atoms with van der Waals surface area (Å²) in [6, 6.07) is 0.487. The first-order valence-corrected chi connectivity index (χ1v) is 6.03. The highest BCUT2D eigenvalue weighted by Gasteiger charge is 2.27. The first-order chi connectivity index (χ1) is 7.28. The lowest BCUT2D eigenvalue weighted by Crippen LogP contribution is -2.45. The van der Waals surface area contributed by atoms with Crippen molar-refractivity contribution in [2.45, 2.75) is 64.6 Å². The van der Waals surface area contributed by atoms with Crippen molar-refractivity contribution in [2.24, 2.45) is 11.7 Å². The van der Waals surface area contributed by atoms with Gasteiger partial charge in [-0.05, 0) is 46.0 Å². The van der Waals surface area contributed by atoms with E-state index in [4.69, 9.17) is 10.5 Å². The second kappa shape index (κ2) is 5.04. The zero-order chi connectivity index (χ0) is 12.3. The number of alkyl carbamates (subject to hydrolysis) is 1. The maximum atomic E-state index is 11.6. The number of ether oxygens (including phenoxy) is 1. The van der Waals surface area contributed by atoms with E-state index in [0.29, 0.717) is 5.92 Å². The van der Waals surface area contributed by atoms with Crippen LogP contribution < -0.4 is 11.1 Å². The molecular weight excluding hydrogens is 204 g/mol. The lowest BCUT2D eigenvalue weighted by atomic mass is 9.83. The van der Waals surface area contributed by atoms with Gasteiger partial charge in [-0.1, -0.05) is 6.92 Å². The normalized spacial score (nSPS) is 30.9. The van der Waals surface area contributed by atoms with Gasteiger partial charge < -0.3 is 15.8 Å². The molecule has 1 amide bonds. The maximum Gasteiger partial charge on any atom is 0.407 e. The Morgan fingerprint density at radius 1 is 1.38 bits per heavy atom. The number of carbonyl (C=O) groups excluding carboxylic acids is 1. The number of rotatable bonds is 1. The molecule has 0 aliphatic heterocycles. The molecule has 4 nitrogen and oxygen atoms in total. The van der Waals surface area contributed by atoms with Crippen LogP contribution in [0.25, 0.3) is 0 Å². The second-order valence-electron chi connectivity index (χ2n) is 5.80. The van der Waals surface area contributed by atoms with Gasteiger partial charge in [0.15, 0.2) is 0 Å². The predicted molar refractivity (Wildman–Crippen MR) is 64.1 cm³/mol. The zero-order valence-corrected chi connectivity index (χ0v) is 10.7. The van der Waals surface area contributed by atoms with Crippen molar-refractivity contribution in [3.63, 3.8) is 0 Å². The molecule has 0 heterocycles. The van der Waals surface area contributed by atoms with Crippen molar-refractivity contribution in [3.05, 3.63) is 0 Å². The van der Waals surface area contributed by atoms with E-state index in [2.05, 4.69) is 12.2 Å². The molecule has 0 aromatic heterocycles. The maximum absolute atomic E-state index is 11.6. The van der Waals surface area contributed by atoms with Gasteiger partial charge in [0.1, 0.15) is 5.60 Å². The summed E-state index contributed by atoms with van der Waals surface area (Å²) in [5, 5.41) is 2.91. The molecule has 0 unspecified atom stereocenters. The Labute approximate surface area is 97.9 Å². The molecule has 0 aromatic rings. The average molecular weight is 228 g/mol. The third-order valence-electron chi connectivity index (χ3n) is 2.96. The highest BCUT2D eigenvalue weighted by Crippen LogP contribution is 2.23. The van der Waals surface area contributed by atoms with Gasteiger partial charge in [0.2, 0.25) is 0 Å². The number of hydrogen-bond donors (Lipinski definition) is 2. The number of carbonyl (C=O) groups is 1. The van der Waals surface area contributed by atoms with Crippen LogP contribution in [0.2, 0.25) is 0 Å². The standard InChI is InChI=1S/C12H24N2O2/c1-8-7-9(5-6-10(8)13)14-11(15)16-12(2,3)4/h8-10H,5-7,13H2,1-4H3,(H,14,15)/t8-,9+,10-/m0/s1. The Morgan fingerprint density at radius 3 is 2.50 bits per heavy atom. The number of nitrogens with one attached hydrogen (secondary N) is 1. The second-order valence-corrected chi connectivity index (χ2v) is 5.80. The van der Waals surface area contributed by atoms with E-state index in [1.165, 1.54) is 0 Å². The summed E-state index contributed by atoms with van der Waals surface area (Å²) >= 11 is 0. The summed E-state index contributed by atoms with van der Waals surface area (Å²) in [6.45, 7) is 7.73. The fourth-order valence-electron chi connectivity index (χ4n) is 2.02. The molecule has 1 rings (SSSR count). The van der Waals surface area contributed by atoms with Gasteiger partial charge in [0.25, 0.3) is 0 Å². The van der Waals surface area contributed by atoms with E-state index in [9.17, 15) is 4.79 Å². The van der Waals surface area contributed by atoms with Crippen LogP contribution in [0.15, 0.2) is 0 Å². The van der Waals surface area contributed by atoms with Crippen molar-refractivity contribution < 1.29 is 9.53 Å². The largest absolute Gasteiger partial charge is 0.444 e. The summed E-state index contributed by atoms with van der Waals surface area (Å²) in [6.07, 6.45) is 2.55. The lowest BCUT2D eigenvalue weighted by molar-refractivity contribution is 0.0483. The fourth-order valence-corrected chi connectivity index (χ4v) is 2.02. The molecule has 4 heteroatoms. The molecule has 1 aliphatic rings. The summed E-state index contributed by atoms with van der Waals surface area (Å²) in [4.78, 5) is 11.6. The van der Waals surface area contributed by atoms with Crippen LogP contribution in [0.3, 0.4) is 0 Å². The smallest absolute Gasteiger partial charge is 0.407 e. The number of amides is 1. The Hall–Kier alpha value is -0.770.